The highest BCUT2D eigenvalue weighted by Gasteiger charge is 2.24. The SMILES string of the molecule is CC(C)C(=O)NCCNC(=O)Nc1ccc(C(=O)N(C)C2CCCCC2)c(Cl)c1. The first-order chi connectivity index (χ1) is 13.8. The van der Waals surface area contributed by atoms with Crippen LogP contribution in [0.5, 0.6) is 0 Å². The molecule has 0 radical (unpaired) electrons. The molecule has 1 aliphatic carbocycles. The first-order valence-corrected chi connectivity index (χ1v) is 10.6. The van der Waals surface area contributed by atoms with E-state index < -0.39 is 6.03 Å². The third-order valence-electron chi connectivity index (χ3n) is 5.13. The van der Waals surface area contributed by atoms with Crippen LogP contribution in [-0.4, -0.2) is 48.9 Å². The molecule has 1 aliphatic rings. The summed E-state index contributed by atoms with van der Waals surface area (Å²) < 4.78 is 0. The van der Waals surface area contributed by atoms with E-state index in [0.29, 0.717) is 29.4 Å². The molecule has 0 spiro atoms. The maximum absolute atomic E-state index is 12.8. The third-order valence-corrected chi connectivity index (χ3v) is 5.45. The summed E-state index contributed by atoms with van der Waals surface area (Å²) in [5, 5.41) is 8.37. The number of amides is 4. The lowest BCUT2D eigenvalue weighted by atomic mass is 9.94. The molecule has 8 heteroatoms. The van der Waals surface area contributed by atoms with Crippen molar-refractivity contribution in [3.63, 3.8) is 0 Å². The predicted octanol–water partition coefficient (Wildman–Crippen LogP) is 3.64. The van der Waals surface area contributed by atoms with Crippen LogP contribution in [0.25, 0.3) is 0 Å². The van der Waals surface area contributed by atoms with Crippen LogP contribution in [0.2, 0.25) is 5.02 Å². The molecule has 1 saturated carbocycles. The van der Waals surface area contributed by atoms with E-state index in [-0.39, 0.29) is 23.8 Å². The van der Waals surface area contributed by atoms with Crippen LogP contribution in [0.4, 0.5) is 10.5 Å². The van der Waals surface area contributed by atoms with Gasteiger partial charge in [-0.3, -0.25) is 9.59 Å². The fraction of sp³-hybridized carbons (Fsp3) is 0.571. The predicted molar refractivity (Wildman–Crippen MR) is 115 cm³/mol. The number of hydrogen-bond donors (Lipinski definition) is 3. The van der Waals surface area contributed by atoms with Crippen LogP contribution < -0.4 is 16.0 Å². The average molecular weight is 423 g/mol. The van der Waals surface area contributed by atoms with Gasteiger partial charge in [0.1, 0.15) is 0 Å². The molecule has 0 heterocycles. The van der Waals surface area contributed by atoms with Gasteiger partial charge in [-0.1, -0.05) is 44.7 Å². The van der Waals surface area contributed by atoms with Gasteiger partial charge in [0, 0.05) is 37.8 Å². The number of hydrogen-bond acceptors (Lipinski definition) is 3. The van der Waals surface area contributed by atoms with Crippen LogP contribution in [0.1, 0.15) is 56.3 Å². The van der Waals surface area contributed by atoms with E-state index in [1.807, 2.05) is 7.05 Å². The molecule has 1 aromatic carbocycles. The molecule has 0 bridgehead atoms. The summed E-state index contributed by atoms with van der Waals surface area (Å²) in [6, 6.07) is 4.73. The van der Waals surface area contributed by atoms with Gasteiger partial charge in [-0.2, -0.15) is 0 Å². The summed E-state index contributed by atoms with van der Waals surface area (Å²) in [6.45, 7) is 4.27. The molecular weight excluding hydrogens is 392 g/mol. The molecule has 29 heavy (non-hydrogen) atoms. The molecule has 4 amide bonds. The van der Waals surface area contributed by atoms with Crippen molar-refractivity contribution in [2.75, 3.05) is 25.5 Å². The Hall–Kier alpha value is -2.28. The Morgan fingerprint density at radius 3 is 2.38 bits per heavy atom. The third kappa shape index (κ3) is 6.92. The lowest BCUT2D eigenvalue weighted by molar-refractivity contribution is -0.123. The van der Waals surface area contributed by atoms with Crippen LogP contribution in [0.15, 0.2) is 18.2 Å². The maximum atomic E-state index is 12.8. The van der Waals surface area contributed by atoms with Crippen LogP contribution in [-0.2, 0) is 4.79 Å². The fourth-order valence-corrected chi connectivity index (χ4v) is 3.59. The van der Waals surface area contributed by atoms with Crippen LogP contribution >= 0.6 is 11.6 Å². The Bertz CT molecular complexity index is 733. The smallest absolute Gasteiger partial charge is 0.319 e. The minimum Gasteiger partial charge on any atom is -0.354 e. The summed E-state index contributed by atoms with van der Waals surface area (Å²) in [5.74, 6) is -0.249. The number of anilines is 1. The van der Waals surface area contributed by atoms with Gasteiger partial charge >= 0.3 is 6.03 Å². The number of nitrogens with one attached hydrogen (secondary N) is 3. The maximum Gasteiger partial charge on any atom is 0.319 e. The molecule has 1 fully saturated rings. The average Bonchev–Trinajstić information content (AvgIpc) is 2.70. The quantitative estimate of drug-likeness (QED) is 0.586. The summed E-state index contributed by atoms with van der Waals surface area (Å²) in [6.07, 6.45) is 5.57. The molecule has 2 rings (SSSR count). The Balaban J connectivity index is 1.85. The van der Waals surface area contributed by atoms with Gasteiger partial charge in [-0.15, -0.1) is 0 Å². The molecule has 0 saturated heterocycles. The van der Waals surface area contributed by atoms with E-state index in [0.717, 1.165) is 25.7 Å². The van der Waals surface area contributed by atoms with Crippen molar-refractivity contribution in [2.45, 2.75) is 52.0 Å². The second kappa shape index (κ2) is 11.0. The van der Waals surface area contributed by atoms with Gasteiger partial charge in [0.05, 0.1) is 10.6 Å². The lowest BCUT2D eigenvalue weighted by Crippen LogP contribution is -2.38. The molecule has 160 valence electrons. The molecule has 7 nitrogen and oxygen atoms in total. The molecule has 1 aromatic rings. The van der Waals surface area contributed by atoms with Gasteiger partial charge in [-0.25, -0.2) is 4.79 Å². The highest BCUT2D eigenvalue weighted by Crippen LogP contribution is 2.26. The van der Waals surface area contributed by atoms with Gasteiger partial charge in [0.15, 0.2) is 0 Å². The molecule has 3 N–H and O–H groups in total. The summed E-state index contributed by atoms with van der Waals surface area (Å²) >= 11 is 6.32. The standard InChI is InChI=1S/C21H31ClN4O3/c1-14(2)19(27)23-11-12-24-21(29)25-15-9-10-17(18(22)13-15)20(28)26(3)16-7-5-4-6-8-16/h9-10,13-14,16H,4-8,11-12H2,1-3H3,(H,23,27)(H2,24,25,29). The normalized spacial score (nSPS) is 14.4. The van der Waals surface area contributed by atoms with Gasteiger partial charge in [0.2, 0.25) is 5.91 Å². The van der Waals surface area contributed by atoms with Crippen molar-refractivity contribution in [1.29, 1.82) is 0 Å². The zero-order valence-corrected chi connectivity index (χ0v) is 18.1. The zero-order chi connectivity index (χ0) is 21.4. The van der Waals surface area contributed by atoms with Gasteiger partial charge < -0.3 is 20.9 Å². The Labute approximate surface area is 177 Å². The van der Waals surface area contributed by atoms with Crippen molar-refractivity contribution >= 4 is 35.1 Å². The van der Waals surface area contributed by atoms with E-state index in [1.165, 1.54) is 6.42 Å². The number of halogens is 1. The minimum atomic E-state index is -0.404. The molecule has 0 unspecified atom stereocenters. The van der Waals surface area contributed by atoms with Crippen molar-refractivity contribution in [1.82, 2.24) is 15.5 Å². The number of benzene rings is 1. The number of carbonyl (C=O) groups is 3. The Morgan fingerprint density at radius 1 is 1.10 bits per heavy atom. The largest absolute Gasteiger partial charge is 0.354 e. The van der Waals surface area contributed by atoms with Crippen molar-refractivity contribution in [3.8, 4) is 0 Å². The lowest BCUT2D eigenvalue weighted by Gasteiger charge is -2.31. The van der Waals surface area contributed by atoms with Crippen LogP contribution in [0.3, 0.4) is 0 Å². The van der Waals surface area contributed by atoms with E-state index in [9.17, 15) is 14.4 Å². The zero-order valence-electron chi connectivity index (χ0n) is 17.4. The number of nitrogens with zero attached hydrogens (tertiary/aromatic N) is 1. The Morgan fingerprint density at radius 2 is 1.76 bits per heavy atom. The highest BCUT2D eigenvalue weighted by molar-refractivity contribution is 6.34. The topological polar surface area (TPSA) is 90.5 Å². The first-order valence-electron chi connectivity index (χ1n) is 10.2. The van der Waals surface area contributed by atoms with Crippen molar-refractivity contribution in [3.05, 3.63) is 28.8 Å². The second-order valence-corrected chi connectivity index (χ2v) is 8.14. The molecule has 0 atom stereocenters. The van der Waals surface area contributed by atoms with Gasteiger partial charge in [0.25, 0.3) is 5.91 Å². The highest BCUT2D eigenvalue weighted by atomic mass is 35.5. The number of carbonyl (C=O) groups excluding carboxylic acids is 3. The summed E-state index contributed by atoms with van der Waals surface area (Å²) in [5.41, 5.74) is 0.928. The number of rotatable bonds is 7. The second-order valence-electron chi connectivity index (χ2n) is 7.73. The monoisotopic (exact) mass is 422 g/mol. The number of urea groups is 1. The van der Waals surface area contributed by atoms with E-state index in [4.69, 9.17) is 11.6 Å². The summed E-state index contributed by atoms with van der Waals surface area (Å²) in [7, 11) is 1.83. The molecule has 0 aliphatic heterocycles. The minimum absolute atomic E-state index is 0.0579. The summed E-state index contributed by atoms with van der Waals surface area (Å²) in [4.78, 5) is 38.0. The van der Waals surface area contributed by atoms with E-state index in [2.05, 4.69) is 16.0 Å². The fourth-order valence-electron chi connectivity index (χ4n) is 3.33. The molecular formula is C21H31ClN4O3. The Kier molecular flexibility index (Phi) is 8.76. The molecule has 0 aromatic heterocycles. The van der Waals surface area contributed by atoms with E-state index >= 15 is 0 Å². The first kappa shape index (κ1) is 23.0. The van der Waals surface area contributed by atoms with Crippen LogP contribution in [0, 0.1) is 5.92 Å². The van der Waals surface area contributed by atoms with Crippen molar-refractivity contribution < 1.29 is 14.4 Å². The van der Waals surface area contributed by atoms with Gasteiger partial charge in [-0.05, 0) is 31.0 Å². The van der Waals surface area contributed by atoms with E-state index in [1.54, 1.807) is 36.9 Å². The van der Waals surface area contributed by atoms with Crippen molar-refractivity contribution in [2.24, 2.45) is 5.92 Å².